The maximum atomic E-state index is 11.4. The lowest BCUT2D eigenvalue weighted by molar-refractivity contribution is 0.172. The largest absolute Gasteiger partial charge is 0.399 e. The Morgan fingerprint density at radius 2 is 2.07 bits per heavy atom. The quantitative estimate of drug-likeness (QED) is 0.680. The minimum atomic E-state index is -0.0110. The number of rotatable bonds is 1. The molecule has 1 aromatic carbocycles. The van der Waals surface area contributed by atoms with Crippen LogP contribution < -0.4 is 11.1 Å². The Labute approximate surface area is 89.1 Å². The number of nitrogen functional groups attached to an aromatic ring is 1. The second kappa shape index (κ2) is 3.81. The van der Waals surface area contributed by atoms with Gasteiger partial charge in [0, 0.05) is 19.3 Å². The lowest BCUT2D eigenvalue weighted by Gasteiger charge is -2.33. The van der Waals surface area contributed by atoms with Crippen LogP contribution in [0.15, 0.2) is 24.3 Å². The van der Waals surface area contributed by atoms with Crippen molar-refractivity contribution in [2.45, 2.75) is 12.5 Å². The summed E-state index contributed by atoms with van der Waals surface area (Å²) >= 11 is 0. The van der Waals surface area contributed by atoms with Gasteiger partial charge in [-0.25, -0.2) is 4.79 Å². The minimum Gasteiger partial charge on any atom is -0.399 e. The highest BCUT2D eigenvalue weighted by Gasteiger charge is 2.25. The fraction of sp³-hybridized carbons (Fsp3) is 0.364. The summed E-state index contributed by atoms with van der Waals surface area (Å²) < 4.78 is 0. The van der Waals surface area contributed by atoms with Crippen LogP contribution in [0.3, 0.4) is 0 Å². The molecule has 4 heteroatoms. The van der Waals surface area contributed by atoms with Crippen molar-refractivity contribution in [2.24, 2.45) is 0 Å². The molecule has 0 radical (unpaired) electrons. The third-order valence-corrected chi connectivity index (χ3v) is 2.80. The van der Waals surface area contributed by atoms with Crippen LogP contribution in [0.1, 0.15) is 18.0 Å². The monoisotopic (exact) mass is 205 g/mol. The molecule has 4 nitrogen and oxygen atoms in total. The minimum absolute atomic E-state index is 0.0110. The molecule has 1 heterocycles. The van der Waals surface area contributed by atoms with Gasteiger partial charge in [-0.15, -0.1) is 0 Å². The van der Waals surface area contributed by atoms with Crippen LogP contribution >= 0.6 is 0 Å². The first-order valence-electron chi connectivity index (χ1n) is 5.04. The first-order valence-corrected chi connectivity index (χ1v) is 5.04. The van der Waals surface area contributed by atoms with E-state index < -0.39 is 0 Å². The summed E-state index contributed by atoms with van der Waals surface area (Å²) in [6, 6.07) is 7.86. The number of hydrogen-bond donors (Lipinski definition) is 2. The van der Waals surface area contributed by atoms with E-state index in [1.165, 1.54) is 0 Å². The van der Waals surface area contributed by atoms with Gasteiger partial charge in [0.25, 0.3) is 0 Å². The summed E-state index contributed by atoms with van der Waals surface area (Å²) in [5.41, 5.74) is 7.52. The van der Waals surface area contributed by atoms with Crippen LogP contribution in [-0.2, 0) is 0 Å². The van der Waals surface area contributed by atoms with Crippen LogP contribution in [0.25, 0.3) is 0 Å². The molecule has 1 aliphatic heterocycles. The Morgan fingerprint density at radius 1 is 1.40 bits per heavy atom. The number of nitrogens with two attached hydrogens (primary N) is 1. The summed E-state index contributed by atoms with van der Waals surface area (Å²) in [6.45, 7) is 0.734. The number of benzene rings is 1. The van der Waals surface area contributed by atoms with Gasteiger partial charge in [0.15, 0.2) is 0 Å². The van der Waals surface area contributed by atoms with Crippen molar-refractivity contribution < 1.29 is 4.79 Å². The van der Waals surface area contributed by atoms with Crippen LogP contribution in [0.5, 0.6) is 0 Å². The number of hydrogen-bond acceptors (Lipinski definition) is 2. The van der Waals surface area contributed by atoms with E-state index in [0.717, 1.165) is 24.2 Å². The van der Waals surface area contributed by atoms with Gasteiger partial charge in [-0.2, -0.15) is 0 Å². The fourth-order valence-corrected chi connectivity index (χ4v) is 1.88. The molecule has 1 aliphatic rings. The van der Waals surface area contributed by atoms with E-state index in [1.54, 1.807) is 4.90 Å². The molecule has 1 fully saturated rings. The Hall–Kier alpha value is -1.71. The van der Waals surface area contributed by atoms with Gasteiger partial charge < -0.3 is 16.0 Å². The molecule has 2 amide bonds. The molecule has 2 rings (SSSR count). The van der Waals surface area contributed by atoms with Crippen LogP contribution in [-0.4, -0.2) is 24.5 Å². The predicted molar refractivity (Wildman–Crippen MR) is 59.4 cm³/mol. The molecule has 3 N–H and O–H groups in total. The number of anilines is 1. The Morgan fingerprint density at radius 3 is 2.73 bits per heavy atom. The molecule has 0 spiro atoms. The van der Waals surface area contributed by atoms with E-state index >= 15 is 0 Å². The summed E-state index contributed by atoms with van der Waals surface area (Å²) in [5, 5.41) is 2.81. The number of nitrogens with one attached hydrogen (secondary N) is 1. The third kappa shape index (κ3) is 1.88. The summed E-state index contributed by atoms with van der Waals surface area (Å²) in [6.07, 6.45) is 0.937. The van der Waals surface area contributed by atoms with Crippen molar-refractivity contribution in [1.82, 2.24) is 10.2 Å². The zero-order valence-electron chi connectivity index (χ0n) is 8.73. The van der Waals surface area contributed by atoms with Crippen LogP contribution in [0, 0.1) is 0 Å². The maximum Gasteiger partial charge on any atom is 0.317 e. The maximum absolute atomic E-state index is 11.4. The zero-order valence-corrected chi connectivity index (χ0v) is 8.73. The predicted octanol–water partition coefficient (Wildman–Crippen LogP) is 1.36. The number of nitrogens with zero attached hydrogens (tertiary/aromatic N) is 1. The topological polar surface area (TPSA) is 58.4 Å². The van der Waals surface area contributed by atoms with E-state index in [9.17, 15) is 4.79 Å². The molecule has 1 saturated heterocycles. The average molecular weight is 205 g/mol. The highest BCUT2D eigenvalue weighted by Crippen LogP contribution is 2.25. The van der Waals surface area contributed by atoms with Crippen molar-refractivity contribution in [3.63, 3.8) is 0 Å². The van der Waals surface area contributed by atoms with E-state index in [0.29, 0.717) is 0 Å². The number of amides is 2. The first kappa shape index (κ1) is 9.83. The lowest BCUT2D eigenvalue weighted by Crippen LogP contribution is -2.45. The lowest BCUT2D eigenvalue weighted by atomic mass is 10.0. The summed E-state index contributed by atoms with van der Waals surface area (Å²) in [7, 11) is 1.81. The molecule has 0 saturated carbocycles. The highest BCUT2D eigenvalue weighted by atomic mass is 16.2. The molecule has 1 unspecified atom stereocenters. The summed E-state index contributed by atoms with van der Waals surface area (Å²) in [4.78, 5) is 13.2. The Bertz CT molecular complexity index is 361. The molecular weight excluding hydrogens is 190 g/mol. The van der Waals surface area contributed by atoms with Crippen molar-refractivity contribution in [3.05, 3.63) is 29.8 Å². The van der Waals surface area contributed by atoms with Crippen molar-refractivity contribution in [2.75, 3.05) is 19.3 Å². The first-order chi connectivity index (χ1) is 7.18. The van der Waals surface area contributed by atoms with Crippen LogP contribution in [0.4, 0.5) is 10.5 Å². The number of carbonyl (C=O) groups excluding carboxylic acids is 1. The highest BCUT2D eigenvalue weighted by molar-refractivity contribution is 5.75. The van der Waals surface area contributed by atoms with Gasteiger partial charge in [0.2, 0.25) is 0 Å². The molecule has 1 atom stereocenters. The molecule has 0 aliphatic carbocycles. The molecule has 1 aromatic rings. The standard InChI is InChI=1S/C11H15N3O/c1-14-10(6-7-13-11(14)15)8-2-4-9(12)5-3-8/h2-5,10H,6-7,12H2,1H3,(H,13,15). The smallest absolute Gasteiger partial charge is 0.317 e. The van der Waals surface area contributed by atoms with Crippen molar-refractivity contribution >= 4 is 11.7 Å². The Kier molecular flexibility index (Phi) is 2.49. The van der Waals surface area contributed by atoms with Crippen LogP contribution in [0.2, 0.25) is 0 Å². The fourth-order valence-electron chi connectivity index (χ4n) is 1.88. The summed E-state index contributed by atoms with van der Waals surface area (Å²) in [5.74, 6) is 0. The second-order valence-corrected chi connectivity index (χ2v) is 3.81. The van der Waals surface area contributed by atoms with Gasteiger partial charge in [-0.3, -0.25) is 0 Å². The molecule has 0 bridgehead atoms. The third-order valence-electron chi connectivity index (χ3n) is 2.80. The van der Waals surface area contributed by atoms with Gasteiger partial charge in [0.1, 0.15) is 0 Å². The van der Waals surface area contributed by atoms with E-state index in [1.807, 2.05) is 31.3 Å². The Balaban J connectivity index is 2.22. The molecular formula is C11H15N3O. The average Bonchev–Trinajstić information content (AvgIpc) is 2.24. The van der Waals surface area contributed by atoms with Gasteiger partial charge in [-0.1, -0.05) is 12.1 Å². The molecule has 0 aromatic heterocycles. The molecule has 15 heavy (non-hydrogen) atoms. The number of urea groups is 1. The molecule has 80 valence electrons. The van der Waals surface area contributed by atoms with E-state index in [4.69, 9.17) is 5.73 Å². The van der Waals surface area contributed by atoms with E-state index in [-0.39, 0.29) is 12.1 Å². The van der Waals surface area contributed by atoms with E-state index in [2.05, 4.69) is 5.32 Å². The van der Waals surface area contributed by atoms with Crippen molar-refractivity contribution in [3.8, 4) is 0 Å². The van der Waals surface area contributed by atoms with Gasteiger partial charge in [0.05, 0.1) is 6.04 Å². The zero-order chi connectivity index (χ0) is 10.8. The van der Waals surface area contributed by atoms with Gasteiger partial charge >= 0.3 is 6.03 Å². The second-order valence-electron chi connectivity index (χ2n) is 3.81. The van der Waals surface area contributed by atoms with Gasteiger partial charge in [-0.05, 0) is 24.1 Å². The normalized spacial score (nSPS) is 21.3. The van der Waals surface area contributed by atoms with Crippen molar-refractivity contribution in [1.29, 1.82) is 0 Å². The number of carbonyl (C=O) groups is 1. The SMILES string of the molecule is CN1C(=O)NCCC1c1ccc(N)cc1.